The third-order valence-corrected chi connectivity index (χ3v) is 4.70. The minimum Gasteiger partial charge on any atom is -0.311 e. The van der Waals surface area contributed by atoms with E-state index in [1.54, 1.807) is 7.05 Å². The number of rotatable bonds is 3. The third-order valence-electron chi connectivity index (χ3n) is 4.70. The van der Waals surface area contributed by atoms with Crippen molar-refractivity contribution >= 4 is 23.5 Å². The zero-order valence-electron chi connectivity index (χ0n) is 14.9. The molecule has 0 spiro atoms. The van der Waals surface area contributed by atoms with Gasteiger partial charge in [0.25, 0.3) is 5.91 Å². The van der Waals surface area contributed by atoms with Gasteiger partial charge in [-0.25, -0.2) is 8.78 Å². The van der Waals surface area contributed by atoms with Crippen LogP contribution in [-0.4, -0.2) is 21.6 Å². The third kappa shape index (κ3) is 3.13. The first-order chi connectivity index (χ1) is 13.4. The average Bonchev–Trinajstić information content (AvgIpc) is 2.99. The van der Waals surface area contributed by atoms with E-state index in [1.165, 1.54) is 10.7 Å². The summed E-state index contributed by atoms with van der Waals surface area (Å²) in [6.45, 7) is 0. The molecular weight excluding hydrogens is 366 g/mol. The molecule has 2 aromatic carbocycles. The second kappa shape index (κ2) is 6.88. The van der Waals surface area contributed by atoms with Crippen molar-refractivity contribution in [2.24, 2.45) is 7.05 Å². The molecule has 3 aromatic rings. The molecule has 1 atom stereocenters. The van der Waals surface area contributed by atoms with E-state index in [-0.39, 0.29) is 29.6 Å². The summed E-state index contributed by atoms with van der Waals surface area (Å²) in [5.41, 5.74) is 1.55. The Balaban J connectivity index is 1.73. The van der Waals surface area contributed by atoms with Crippen molar-refractivity contribution < 1.29 is 18.4 Å². The van der Waals surface area contributed by atoms with Crippen molar-refractivity contribution in [2.75, 3.05) is 10.6 Å². The molecule has 1 aliphatic heterocycles. The van der Waals surface area contributed by atoms with Crippen LogP contribution in [-0.2, 0) is 11.8 Å². The highest BCUT2D eigenvalue weighted by molar-refractivity contribution is 6.05. The van der Waals surface area contributed by atoms with E-state index in [9.17, 15) is 18.4 Å². The summed E-state index contributed by atoms with van der Waals surface area (Å²) in [6, 6.07) is 12.3. The zero-order valence-corrected chi connectivity index (χ0v) is 14.9. The lowest BCUT2D eigenvalue weighted by molar-refractivity contribution is -0.116. The second-order valence-corrected chi connectivity index (χ2v) is 6.53. The van der Waals surface area contributed by atoms with Gasteiger partial charge in [-0.1, -0.05) is 30.3 Å². The highest BCUT2D eigenvalue weighted by atomic mass is 19.2. The predicted octanol–water partition coefficient (Wildman–Crippen LogP) is 3.42. The molecule has 8 heteroatoms. The normalized spacial score (nSPS) is 15.7. The number of carbonyl (C=O) groups excluding carboxylic acids is 2. The van der Waals surface area contributed by atoms with Gasteiger partial charge < -0.3 is 10.6 Å². The predicted molar refractivity (Wildman–Crippen MR) is 99.1 cm³/mol. The average molecular weight is 382 g/mol. The summed E-state index contributed by atoms with van der Waals surface area (Å²) in [5.74, 6) is -2.44. The number of fused-ring (bicyclic) bond motifs is 1. The van der Waals surface area contributed by atoms with Gasteiger partial charge >= 0.3 is 0 Å². The molecule has 0 saturated heterocycles. The van der Waals surface area contributed by atoms with Crippen molar-refractivity contribution in [3.63, 3.8) is 0 Å². The molecule has 142 valence electrons. The molecule has 4 rings (SSSR count). The number of aryl methyl sites for hydroxylation is 1. The Morgan fingerprint density at radius 2 is 1.93 bits per heavy atom. The zero-order chi connectivity index (χ0) is 19.8. The van der Waals surface area contributed by atoms with E-state index in [4.69, 9.17) is 0 Å². The molecule has 1 aromatic heterocycles. The fraction of sp³-hybridized carbons (Fsp3) is 0.150. The van der Waals surface area contributed by atoms with Crippen LogP contribution in [0.25, 0.3) is 0 Å². The van der Waals surface area contributed by atoms with Crippen molar-refractivity contribution in [1.29, 1.82) is 0 Å². The van der Waals surface area contributed by atoms with Crippen LogP contribution in [0.3, 0.4) is 0 Å². The van der Waals surface area contributed by atoms with Gasteiger partial charge in [-0.2, -0.15) is 5.10 Å². The van der Waals surface area contributed by atoms with Crippen LogP contribution in [0.4, 0.5) is 20.4 Å². The molecule has 0 bridgehead atoms. The number of carbonyl (C=O) groups is 2. The second-order valence-electron chi connectivity index (χ2n) is 6.53. The number of nitrogens with one attached hydrogen (secondary N) is 2. The van der Waals surface area contributed by atoms with Gasteiger partial charge in [0.05, 0.1) is 0 Å². The van der Waals surface area contributed by atoms with Crippen molar-refractivity contribution in [3.8, 4) is 0 Å². The van der Waals surface area contributed by atoms with Crippen LogP contribution in [0.15, 0.2) is 48.5 Å². The summed E-state index contributed by atoms with van der Waals surface area (Å²) in [5, 5.41) is 9.75. The van der Waals surface area contributed by atoms with E-state index in [0.717, 1.165) is 17.7 Å². The maximum atomic E-state index is 13.5. The minimum atomic E-state index is -1.11. The number of halogens is 2. The molecule has 2 amide bonds. The van der Waals surface area contributed by atoms with Gasteiger partial charge in [0.2, 0.25) is 5.91 Å². The van der Waals surface area contributed by atoms with Crippen molar-refractivity contribution in [1.82, 2.24) is 9.78 Å². The lowest BCUT2D eigenvalue weighted by Gasteiger charge is -2.24. The molecule has 2 N–H and O–H groups in total. The quantitative estimate of drug-likeness (QED) is 0.729. The maximum Gasteiger partial charge on any atom is 0.256 e. The van der Waals surface area contributed by atoms with Crippen LogP contribution in [0.1, 0.15) is 33.8 Å². The Hall–Kier alpha value is -3.55. The molecule has 2 heterocycles. The smallest absolute Gasteiger partial charge is 0.256 e. The van der Waals surface area contributed by atoms with Crippen LogP contribution in [0.5, 0.6) is 0 Å². The molecule has 0 aliphatic carbocycles. The highest BCUT2D eigenvalue weighted by Gasteiger charge is 2.33. The highest BCUT2D eigenvalue weighted by Crippen LogP contribution is 2.41. The van der Waals surface area contributed by atoms with E-state index in [0.29, 0.717) is 11.4 Å². The van der Waals surface area contributed by atoms with E-state index >= 15 is 0 Å². The summed E-state index contributed by atoms with van der Waals surface area (Å²) in [7, 11) is 1.65. The number of hydrogen-bond acceptors (Lipinski definition) is 3. The van der Waals surface area contributed by atoms with Crippen LogP contribution < -0.4 is 10.6 Å². The van der Waals surface area contributed by atoms with Crippen LogP contribution in [0.2, 0.25) is 0 Å². The topological polar surface area (TPSA) is 76.0 Å². The lowest BCUT2D eigenvalue weighted by Crippen LogP contribution is -2.25. The number of benzene rings is 2. The number of aromatic nitrogens is 2. The van der Waals surface area contributed by atoms with Gasteiger partial charge in [0, 0.05) is 30.5 Å². The number of hydrogen-bond donors (Lipinski definition) is 2. The van der Waals surface area contributed by atoms with E-state index < -0.39 is 17.5 Å². The SMILES string of the molecule is Cn1nc(NC(=O)c2ccc(F)c(F)c2)c2c1NC(=O)CC2c1ccccc1. The van der Waals surface area contributed by atoms with Gasteiger partial charge in [0.1, 0.15) is 5.82 Å². The number of nitrogens with zero attached hydrogens (tertiary/aromatic N) is 2. The fourth-order valence-corrected chi connectivity index (χ4v) is 3.37. The molecule has 0 saturated carbocycles. The van der Waals surface area contributed by atoms with Crippen molar-refractivity contribution in [2.45, 2.75) is 12.3 Å². The minimum absolute atomic E-state index is 0.0330. The van der Waals surface area contributed by atoms with Gasteiger partial charge in [0.15, 0.2) is 17.5 Å². The first kappa shape index (κ1) is 17.8. The summed E-state index contributed by atoms with van der Waals surface area (Å²) in [6.07, 6.45) is 0.205. The molecule has 1 unspecified atom stereocenters. The molecule has 28 heavy (non-hydrogen) atoms. The lowest BCUT2D eigenvalue weighted by atomic mass is 9.86. The standard InChI is InChI=1S/C20H16F2N4O2/c1-26-19-17(13(10-16(27)23-19)11-5-3-2-4-6-11)18(25-26)24-20(28)12-7-8-14(21)15(22)9-12/h2-9,13H,10H2,1H3,(H,23,27)(H,24,25,28). The van der Waals surface area contributed by atoms with E-state index in [2.05, 4.69) is 15.7 Å². The van der Waals surface area contributed by atoms with E-state index in [1.807, 2.05) is 30.3 Å². The Morgan fingerprint density at radius 3 is 2.64 bits per heavy atom. The largest absolute Gasteiger partial charge is 0.311 e. The van der Waals surface area contributed by atoms with Gasteiger partial charge in [-0.05, 0) is 23.8 Å². The first-order valence-corrected chi connectivity index (χ1v) is 8.62. The summed E-state index contributed by atoms with van der Waals surface area (Å²) < 4.78 is 28.1. The summed E-state index contributed by atoms with van der Waals surface area (Å²) in [4.78, 5) is 24.7. The Morgan fingerprint density at radius 1 is 1.18 bits per heavy atom. The Bertz CT molecular complexity index is 1080. The maximum absolute atomic E-state index is 13.5. The monoisotopic (exact) mass is 382 g/mol. The number of anilines is 2. The van der Waals surface area contributed by atoms with Crippen LogP contribution >= 0.6 is 0 Å². The molecule has 1 aliphatic rings. The van der Waals surface area contributed by atoms with Gasteiger partial charge in [-0.15, -0.1) is 0 Å². The Kier molecular flexibility index (Phi) is 4.38. The fourth-order valence-electron chi connectivity index (χ4n) is 3.37. The molecular formula is C20H16F2N4O2. The molecule has 6 nitrogen and oxygen atoms in total. The Labute approximate surface area is 159 Å². The summed E-state index contributed by atoms with van der Waals surface area (Å²) >= 11 is 0. The first-order valence-electron chi connectivity index (χ1n) is 8.62. The van der Waals surface area contributed by atoms with Gasteiger partial charge in [-0.3, -0.25) is 14.3 Å². The number of amides is 2. The van der Waals surface area contributed by atoms with Crippen molar-refractivity contribution in [3.05, 3.63) is 76.9 Å². The molecule has 0 fully saturated rings. The van der Waals surface area contributed by atoms with Crippen LogP contribution in [0, 0.1) is 11.6 Å². The molecule has 0 radical (unpaired) electrons.